The number of rotatable bonds is 4. The zero-order chi connectivity index (χ0) is 15.4. The van der Waals surface area contributed by atoms with E-state index in [1.54, 1.807) is 18.2 Å². The Kier molecular flexibility index (Phi) is 5.65. The topological polar surface area (TPSA) is 55.1 Å². The molecule has 3 nitrogen and oxygen atoms in total. The standard InChI is InChI=1S/C15H13BrCl2N2O/c16-11-5-6-12(14(18)13(11)17)20-15(21)10-4-2-1-3-9(10)7-8-19/h1-6H,7-8,19H2,(H,20,21). The van der Waals surface area contributed by atoms with Crippen LogP contribution < -0.4 is 11.1 Å². The number of carbonyl (C=O) groups is 1. The second kappa shape index (κ2) is 7.27. The predicted octanol–water partition coefficient (Wildman–Crippen LogP) is 4.51. The van der Waals surface area contributed by atoms with Gasteiger partial charge >= 0.3 is 0 Å². The molecular formula is C15H13BrCl2N2O. The number of benzene rings is 2. The summed E-state index contributed by atoms with van der Waals surface area (Å²) < 4.78 is 0.677. The van der Waals surface area contributed by atoms with E-state index in [-0.39, 0.29) is 5.91 Å². The lowest BCUT2D eigenvalue weighted by Gasteiger charge is -2.12. The molecule has 0 unspecified atom stereocenters. The van der Waals surface area contributed by atoms with Crippen LogP contribution in [0.15, 0.2) is 40.9 Å². The zero-order valence-corrected chi connectivity index (χ0v) is 14.1. The molecule has 3 N–H and O–H groups in total. The summed E-state index contributed by atoms with van der Waals surface area (Å²) in [6.07, 6.45) is 0.637. The molecule has 110 valence electrons. The molecule has 2 aromatic rings. The minimum Gasteiger partial charge on any atom is -0.330 e. The summed E-state index contributed by atoms with van der Waals surface area (Å²) in [6, 6.07) is 10.8. The first kappa shape index (κ1) is 16.3. The van der Waals surface area contributed by atoms with Crippen molar-refractivity contribution in [3.05, 3.63) is 62.0 Å². The Morgan fingerprint density at radius 2 is 1.86 bits per heavy atom. The normalized spacial score (nSPS) is 10.5. The fourth-order valence-electron chi connectivity index (χ4n) is 1.93. The molecule has 1 amide bonds. The molecule has 0 fully saturated rings. The van der Waals surface area contributed by atoms with Crippen molar-refractivity contribution in [2.45, 2.75) is 6.42 Å². The van der Waals surface area contributed by atoms with Crippen LogP contribution in [0.3, 0.4) is 0 Å². The van der Waals surface area contributed by atoms with Gasteiger partial charge in [-0.3, -0.25) is 4.79 Å². The zero-order valence-electron chi connectivity index (χ0n) is 11.0. The quantitative estimate of drug-likeness (QED) is 0.758. The molecule has 0 atom stereocenters. The van der Waals surface area contributed by atoms with Gasteiger partial charge in [0.1, 0.15) is 0 Å². The molecule has 0 saturated carbocycles. The molecule has 0 bridgehead atoms. The number of anilines is 1. The number of hydrogen-bond acceptors (Lipinski definition) is 2. The average Bonchev–Trinajstić information content (AvgIpc) is 2.49. The highest BCUT2D eigenvalue weighted by Gasteiger charge is 2.14. The van der Waals surface area contributed by atoms with Gasteiger partial charge in [-0.2, -0.15) is 0 Å². The van der Waals surface area contributed by atoms with E-state index in [0.29, 0.717) is 38.7 Å². The fourth-order valence-corrected chi connectivity index (χ4v) is 2.75. The first-order chi connectivity index (χ1) is 10.0. The smallest absolute Gasteiger partial charge is 0.255 e. The summed E-state index contributed by atoms with van der Waals surface area (Å²) in [6.45, 7) is 0.481. The van der Waals surface area contributed by atoms with Crippen LogP contribution in [0, 0.1) is 0 Å². The molecule has 0 saturated heterocycles. The summed E-state index contributed by atoms with van der Waals surface area (Å²) in [7, 11) is 0. The summed E-state index contributed by atoms with van der Waals surface area (Å²) in [5, 5.41) is 3.44. The monoisotopic (exact) mass is 386 g/mol. The number of halogens is 3. The highest BCUT2D eigenvalue weighted by atomic mass is 79.9. The number of amides is 1. The van der Waals surface area contributed by atoms with Crippen molar-refractivity contribution in [3.63, 3.8) is 0 Å². The Morgan fingerprint density at radius 1 is 1.14 bits per heavy atom. The molecule has 0 heterocycles. The maximum atomic E-state index is 12.4. The molecule has 2 rings (SSSR count). The second-order valence-corrected chi connectivity index (χ2v) is 5.98. The van der Waals surface area contributed by atoms with Crippen molar-refractivity contribution >= 4 is 50.7 Å². The van der Waals surface area contributed by atoms with Crippen LogP contribution in [0.5, 0.6) is 0 Å². The van der Waals surface area contributed by atoms with Gasteiger partial charge in [0.05, 0.1) is 15.7 Å². The van der Waals surface area contributed by atoms with Gasteiger partial charge in [0.15, 0.2) is 0 Å². The molecular weight excluding hydrogens is 375 g/mol. The molecule has 0 radical (unpaired) electrons. The van der Waals surface area contributed by atoms with Crippen molar-refractivity contribution in [2.75, 3.05) is 11.9 Å². The van der Waals surface area contributed by atoms with Crippen LogP contribution in [-0.4, -0.2) is 12.5 Å². The van der Waals surface area contributed by atoms with Gasteiger partial charge in [-0.05, 0) is 52.7 Å². The number of carbonyl (C=O) groups excluding carboxylic acids is 1. The van der Waals surface area contributed by atoms with Crippen LogP contribution >= 0.6 is 39.1 Å². The van der Waals surface area contributed by atoms with Gasteiger partial charge < -0.3 is 11.1 Å². The van der Waals surface area contributed by atoms with E-state index in [0.717, 1.165) is 5.56 Å². The molecule has 0 aromatic heterocycles. The van der Waals surface area contributed by atoms with Gasteiger partial charge in [0, 0.05) is 10.0 Å². The third-order valence-electron chi connectivity index (χ3n) is 2.96. The lowest BCUT2D eigenvalue weighted by atomic mass is 10.0. The largest absolute Gasteiger partial charge is 0.330 e. The maximum Gasteiger partial charge on any atom is 0.255 e. The summed E-state index contributed by atoms with van der Waals surface area (Å²) in [4.78, 5) is 12.4. The van der Waals surface area contributed by atoms with E-state index in [1.165, 1.54) is 0 Å². The Morgan fingerprint density at radius 3 is 2.57 bits per heavy atom. The van der Waals surface area contributed by atoms with Gasteiger partial charge in [0.2, 0.25) is 0 Å². The molecule has 21 heavy (non-hydrogen) atoms. The van der Waals surface area contributed by atoms with Crippen LogP contribution in [0.4, 0.5) is 5.69 Å². The van der Waals surface area contributed by atoms with E-state index in [9.17, 15) is 4.79 Å². The summed E-state index contributed by atoms with van der Waals surface area (Å²) in [5.74, 6) is -0.237. The van der Waals surface area contributed by atoms with E-state index >= 15 is 0 Å². The van der Waals surface area contributed by atoms with Gasteiger partial charge in [-0.15, -0.1) is 0 Å². The van der Waals surface area contributed by atoms with Crippen molar-refractivity contribution in [3.8, 4) is 0 Å². The van der Waals surface area contributed by atoms with Gasteiger partial charge in [0.25, 0.3) is 5.91 Å². The number of nitrogens with one attached hydrogen (secondary N) is 1. The van der Waals surface area contributed by atoms with Crippen molar-refractivity contribution in [1.82, 2.24) is 0 Å². The summed E-state index contributed by atoms with van der Waals surface area (Å²) >= 11 is 15.5. The number of hydrogen-bond donors (Lipinski definition) is 2. The lowest BCUT2D eigenvalue weighted by Crippen LogP contribution is -2.16. The molecule has 0 spiro atoms. The second-order valence-electron chi connectivity index (χ2n) is 4.37. The molecule has 2 aromatic carbocycles. The minimum absolute atomic E-state index is 0.237. The molecule has 0 aliphatic carbocycles. The first-order valence-electron chi connectivity index (χ1n) is 6.27. The average molecular weight is 388 g/mol. The van der Waals surface area contributed by atoms with Crippen LogP contribution in [-0.2, 0) is 6.42 Å². The van der Waals surface area contributed by atoms with Crippen molar-refractivity contribution in [2.24, 2.45) is 5.73 Å². The molecule has 6 heteroatoms. The third-order valence-corrected chi connectivity index (χ3v) is 4.73. The maximum absolute atomic E-state index is 12.4. The van der Waals surface area contributed by atoms with Crippen molar-refractivity contribution < 1.29 is 4.79 Å². The fraction of sp³-hybridized carbons (Fsp3) is 0.133. The SMILES string of the molecule is NCCc1ccccc1C(=O)Nc1ccc(Br)c(Cl)c1Cl. The Hall–Kier alpha value is -1.07. The van der Waals surface area contributed by atoms with E-state index in [1.807, 2.05) is 18.2 Å². The van der Waals surface area contributed by atoms with Gasteiger partial charge in [-0.25, -0.2) is 0 Å². The Labute approximate surface area is 141 Å². The van der Waals surface area contributed by atoms with Crippen LogP contribution in [0.25, 0.3) is 0 Å². The Balaban J connectivity index is 2.29. The molecule has 0 aliphatic heterocycles. The Bertz CT molecular complexity index is 677. The summed E-state index contributed by atoms with van der Waals surface area (Å²) in [5.41, 5.74) is 7.52. The lowest BCUT2D eigenvalue weighted by molar-refractivity contribution is 0.102. The predicted molar refractivity (Wildman–Crippen MR) is 91.3 cm³/mol. The van der Waals surface area contributed by atoms with E-state index < -0.39 is 0 Å². The minimum atomic E-state index is -0.237. The van der Waals surface area contributed by atoms with Crippen LogP contribution in [0.2, 0.25) is 10.0 Å². The van der Waals surface area contributed by atoms with Crippen molar-refractivity contribution in [1.29, 1.82) is 0 Å². The van der Waals surface area contributed by atoms with Gasteiger partial charge in [-0.1, -0.05) is 41.4 Å². The highest BCUT2D eigenvalue weighted by molar-refractivity contribution is 9.10. The highest BCUT2D eigenvalue weighted by Crippen LogP contribution is 2.36. The van der Waals surface area contributed by atoms with E-state index in [4.69, 9.17) is 28.9 Å². The van der Waals surface area contributed by atoms with Crippen LogP contribution in [0.1, 0.15) is 15.9 Å². The number of nitrogens with two attached hydrogens (primary N) is 1. The first-order valence-corrected chi connectivity index (χ1v) is 7.82. The molecule has 0 aliphatic rings. The van der Waals surface area contributed by atoms with E-state index in [2.05, 4.69) is 21.2 Å². The third kappa shape index (κ3) is 3.77.